The molecule has 2 N–H and O–H groups in total. The molecule has 0 aliphatic rings. The Morgan fingerprint density at radius 2 is 1.71 bits per heavy atom. The van der Waals surface area contributed by atoms with E-state index in [1.807, 2.05) is 16.8 Å². The number of halogens is 4. The predicted octanol–water partition coefficient (Wildman–Crippen LogP) is 5.18. The highest BCUT2D eigenvalue weighted by Crippen LogP contribution is 2.37. The number of nitrogens with two attached hydrogens (primary N) is 1. The van der Waals surface area contributed by atoms with Gasteiger partial charge in [0.05, 0.1) is 16.1 Å². The molecule has 0 amide bonds. The Bertz CT molecular complexity index is 498. The second kappa shape index (κ2) is 6.28. The summed E-state index contributed by atoms with van der Waals surface area (Å²) in [6, 6.07) is 4.97. The van der Waals surface area contributed by atoms with Crippen LogP contribution in [0.25, 0.3) is 0 Å². The van der Waals surface area contributed by atoms with E-state index in [0.717, 1.165) is 5.56 Å². The summed E-state index contributed by atoms with van der Waals surface area (Å²) in [5.41, 5.74) is 7.77. The highest BCUT2D eigenvalue weighted by atomic mass is 35.5. The van der Waals surface area contributed by atoms with Crippen LogP contribution in [0.4, 0.5) is 0 Å². The Balaban J connectivity index is 0.00000144. The number of thiophene rings is 1. The smallest absolute Gasteiger partial charge is 0.0658 e. The van der Waals surface area contributed by atoms with Gasteiger partial charge in [-0.1, -0.05) is 34.8 Å². The van der Waals surface area contributed by atoms with Crippen LogP contribution < -0.4 is 5.73 Å². The van der Waals surface area contributed by atoms with Crippen molar-refractivity contribution in [3.8, 4) is 0 Å². The Hall–Kier alpha value is 0.0400. The Labute approximate surface area is 125 Å². The van der Waals surface area contributed by atoms with Crippen molar-refractivity contribution < 1.29 is 0 Å². The zero-order valence-corrected chi connectivity index (χ0v) is 12.4. The van der Waals surface area contributed by atoms with E-state index in [4.69, 9.17) is 40.5 Å². The van der Waals surface area contributed by atoms with E-state index in [1.54, 1.807) is 23.5 Å². The summed E-state index contributed by atoms with van der Waals surface area (Å²) >= 11 is 19.7. The first-order valence-electron chi connectivity index (χ1n) is 4.52. The van der Waals surface area contributed by atoms with Crippen molar-refractivity contribution in [2.24, 2.45) is 5.73 Å². The quantitative estimate of drug-likeness (QED) is 0.755. The maximum Gasteiger partial charge on any atom is 0.0658 e. The van der Waals surface area contributed by atoms with Crippen molar-refractivity contribution in [2.45, 2.75) is 6.04 Å². The van der Waals surface area contributed by atoms with Gasteiger partial charge in [0, 0.05) is 10.6 Å². The standard InChI is InChI=1S/C11H8Cl3NS.ClH/c12-7-1-2-8(13)10(14)9(7)11(15)6-3-4-16-5-6;/h1-5,11H,15H2;1H/t11-;/m0./s1. The first-order chi connectivity index (χ1) is 7.61. The molecule has 0 radical (unpaired) electrons. The summed E-state index contributed by atoms with van der Waals surface area (Å²) < 4.78 is 0. The van der Waals surface area contributed by atoms with Gasteiger partial charge in [-0.05, 0) is 34.5 Å². The monoisotopic (exact) mass is 327 g/mol. The molecule has 1 aromatic carbocycles. The van der Waals surface area contributed by atoms with Crippen LogP contribution in [0.5, 0.6) is 0 Å². The molecule has 1 heterocycles. The van der Waals surface area contributed by atoms with Gasteiger partial charge in [-0.15, -0.1) is 12.4 Å². The first-order valence-corrected chi connectivity index (χ1v) is 6.60. The average molecular weight is 329 g/mol. The Morgan fingerprint density at radius 1 is 1.06 bits per heavy atom. The fourth-order valence-corrected chi connectivity index (χ4v) is 2.91. The molecule has 0 fully saturated rings. The molecule has 0 aliphatic carbocycles. The van der Waals surface area contributed by atoms with Crippen LogP contribution in [-0.2, 0) is 0 Å². The fourth-order valence-electron chi connectivity index (χ4n) is 1.45. The van der Waals surface area contributed by atoms with Crippen LogP contribution in [0.2, 0.25) is 15.1 Å². The molecule has 0 saturated carbocycles. The Kier molecular flexibility index (Phi) is 5.58. The number of rotatable bonds is 2. The maximum atomic E-state index is 6.12. The summed E-state index contributed by atoms with van der Waals surface area (Å²) in [4.78, 5) is 0. The molecule has 0 saturated heterocycles. The van der Waals surface area contributed by atoms with Crippen LogP contribution in [0.1, 0.15) is 17.2 Å². The maximum absolute atomic E-state index is 6.12. The lowest BCUT2D eigenvalue weighted by molar-refractivity contribution is 0.877. The molecule has 1 aromatic heterocycles. The molecule has 92 valence electrons. The number of hydrogen-bond donors (Lipinski definition) is 1. The van der Waals surface area contributed by atoms with Gasteiger partial charge in [-0.3, -0.25) is 0 Å². The van der Waals surface area contributed by atoms with Crippen LogP contribution in [0.3, 0.4) is 0 Å². The van der Waals surface area contributed by atoms with Crippen molar-refractivity contribution >= 4 is 58.5 Å². The minimum absolute atomic E-state index is 0. The molecule has 1 atom stereocenters. The molecule has 0 aliphatic heterocycles. The predicted molar refractivity (Wildman–Crippen MR) is 79.1 cm³/mol. The molecular weight excluding hydrogens is 320 g/mol. The zero-order valence-electron chi connectivity index (χ0n) is 8.49. The lowest BCUT2D eigenvalue weighted by Crippen LogP contribution is -2.12. The van der Waals surface area contributed by atoms with Gasteiger partial charge in [0.25, 0.3) is 0 Å². The molecule has 17 heavy (non-hydrogen) atoms. The minimum atomic E-state index is -0.343. The molecule has 0 bridgehead atoms. The van der Waals surface area contributed by atoms with Crippen LogP contribution in [0, 0.1) is 0 Å². The van der Waals surface area contributed by atoms with Gasteiger partial charge < -0.3 is 5.73 Å². The highest BCUT2D eigenvalue weighted by Gasteiger charge is 2.18. The average Bonchev–Trinajstić information content (AvgIpc) is 2.77. The van der Waals surface area contributed by atoms with Gasteiger partial charge in [-0.2, -0.15) is 11.3 Å². The van der Waals surface area contributed by atoms with Crippen LogP contribution in [0.15, 0.2) is 29.0 Å². The molecule has 6 heteroatoms. The first kappa shape index (κ1) is 15.1. The molecule has 0 spiro atoms. The molecule has 0 unspecified atom stereocenters. The van der Waals surface area contributed by atoms with Crippen molar-refractivity contribution in [1.29, 1.82) is 0 Å². The van der Waals surface area contributed by atoms with E-state index in [1.165, 1.54) is 0 Å². The lowest BCUT2D eigenvalue weighted by Gasteiger charge is -2.15. The van der Waals surface area contributed by atoms with E-state index >= 15 is 0 Å². The summed E-state index contributed by atoms with van der Waals surface area (Å²) in [5, 5.41) is 5.35. The summed E-state index contributed by atoms with van der Waals surface area (Å²) in [5.74, 6) is 0. The molecule has 2 rings (SSSR count). The van der Waals surface area contributed by atoms with Crippen molar-refractivity contribution in [2.75, 3.05) is 0 Å². The Morgan fingerprint density at radius 3 is 2.29 bits per heavy atom. The minimum Gasteiger partial charge on any atom is -0.320 e. The van der Waals surface area contributed by atoms with E-state index in [-0.39, 0.29) is 18.4 Å². The van der Waals surface area contributed by atoms with Crippen molar-refractivity contribution in [1.82, 2.24) is 0 Å². The highest BCUT2D eigenvalue weighted by molar-refractivity contribution is 7.08. The topological polar surface area (TPSA) is 26.0 Å². The van der Waals surface area contributed by atoms with Gasteiger partial charge >= 0.3 is 0 Å². The van der Waals surface area contributed by atoms with E-state index in [9.17, 15) is 0 Å². The molecular formula is C11H9Cl4NS. The normalized spacial score (nSPS) is 12.0. The molecule has 1 nitrogen and oxygen atoms in total. The van der Waals surface area contributed by atoms with E-state index in [2.05, 4.69) is 0 Å². The van der Waals surface area contributed by atoms with Gasteiger partial charge in [0.2, 0.25) is 0 Å². The third kappa shape index (κ3) is 3.08. The fraction of sp³-hybridized carbons (Fsp3) is 0.0909. The van der Waals surface area contributed by atoms with Crippen molar-refractivity contribution in [3.05, 3.63) is 55.2 Å². The second-order valence-electron chi connectivity index (χ2n) is 3.29. The van der Waals surface area contributed by atoms with Crippen LogP contribution >= 0.6 is 58.5 Å². The zero-order chi connectivity index (χ0) is 11.7. The third-order valence-corrected chi connectivity index (χ3v) is 4.14. The lowest BCUT2D eigenvalue weighted by atomic mass is 10.0. The van der Waals surface area contributed by atoms with Crippen LogP contribution in [-0.4, -0.2) is 0 Å². The van der Waals surface area contributed by atoms with Gasteiger partial charge in [0.1, 0.15) is 0 Å². The summed E-state index contributed by atoms with van der Waals surface area (Å²) in [6.45, 7) is 0. The van der Waals surface area contributed by atoms with Gasteiger partial charge in [0.15, 0.2) is 0 Å². The third-order valence-electron chi connectivity index (χ3n) is 2.29. The SMILES string of the molecule is Cl.N[C@@H](c1ccsc1)c1c(Cl)ccc(Cl)c1Cl. The van der Waals surface area contributed by atoms with E-state index < -0.39 is 0 Å². The number of hydrogen-bond acceptors (Lipinski definition) is 2. The summed E-state index contributed by atoms with van der Waals surface area (Å²) in [7, 11) is 0. The molecule has 2 aromatic rings. The van der Waals surface area contributed by atoms with E-state index in [0.29, 0.717) is 20.6 Å². The summed E-state index contributed by atoms with van der Waals surface area (Å²) in [6.07, 6.45) is 0. The second-order valence-corrected chi connectivity index (χ2v) is 5.26. The number of benzene rings is 1. The largest absolute Gasteiger partial charge is 0.320 e. The van der Waals surface area contributed by atoms with Crippen molar-refractivity contribution in [3.63, 3.8) is 0 Å². The van der Waals surface area contributed by atoms with Gasteiger partial charge in [-0.25, -0.2) is 0 Å².